The van der Waals surface area contributed by atoms with E-state index in [-0.39, 0.29) is 0 Å². The second-order valence-electron chi connectivity index (χ2n) is 3.90. The molecule has 0 spiro atoms. The molecule has 1 heterocycles. The van der Waals surface area contributed by atoms with Gasteiger partial charge in [0.1, 0.15) is 5.76 Å². The Morgan fingerprint density at radius 1 is 1.53 bits per heavy atom. The lowest BCUT2D eigenvalue weighted by atomic mass is 10.4. The molecule has 1 fully saturated rings. The second-order valence-corrected chi connectivity index (χ2v) is 4.68. The predicted molar refractivity (Wildman–Crippen MR) is 61.7 cm³/mol. The summed E-state index contributed by atoms with van der Waals surface area (Å²) in [5.41, 5.74) is 0. The maximum atomic E-state index is 5.51. The maximum Gasteiger partial charge on any atom is 0.169 e. The van der Waals surface area contributed by atoms with Crippen LogP contribution in [0.2, 0.25) is 0 Å². The Kier molecular flexibility index (Phi) is 3.83. The van der Waals surface area contributed by atoms with Gasteiger partial charge in [-0.05, 0) is 40.9 Å². The number of ether oxygens (including phenoxy) is 1. The molecular weight excluding hydrogens is 258 g/mol. The van der Waals surface area contributed by atoms with Crippen LogP contribution in [0.25, 0.3) is 0 Å². The largest absolute Gasteiger partial charge is 0.453 e. The van der Waals surface area contributed by atoms with E-state index in [4.69, 9.17) is 9.15 Å². The van der Waals surface area contributed by atoms with Crippen LogP contribution in [-0.4, -0.2) is 31.2 Å². The SMILES string of the molecule is COCCN(Cc1ccc(Br)o1)C1CC1. The van der Waals surface area contributed by atoms with Crippen molar-refractivity contribution >= 4 is 15.9 Å². The van der Waals surface area contributed by atoms with E-state index >= 15 is 0 Å². The van der Waals surface area contributed by atoms with Gasteiger partial charge in [-0.25, -0.2) is 0 Å². The molecule has 3 nitrogen and oxygen atoms in total. The van der Waals surface area contributed by atoms with E-state index < -0.39 is 0 Å². The van der Waals surface area contributed by atoms with E-state index in [9.17, 15) is 0 Å². The monoisotopic (exact) mass is 273 g/mol. The molecule has 0 aromatic carbocycles. The third-order valence-corrected chi connectivity index (χ3v) is 3.06. The summed E-state index contributed by atoms with van der Waals surface area (Å²) >= 11 is 3.32. The fourth-order valence-corrected chi connectivity index (χ4v) is 2.02. The summed E-state index contributed by atoms with van der Waals surface area (Å²) in [6.45, 7) is 2.66. The maximum absolute atomic E-state index is 5.51. The molecule has 1 aliphatic carbocycles. The van der Waals surface area contributed by atoms with Crippen molar-refractivity contribution in [2.24, 2.45) is 0 Å². The molecule has 0 radical (unpaired) electrons. The highest BCUT2D eigenvalue weighted by molar-refractivity contribution is 9.10. The van der Waals surface area contributed by atoms with Crippen LogP contribution in [0.1, 0.15) is 18.6 Å². The number of rotatable bonds is 6. The van der Waals surface area contributed by atoms with Crippen molar-refractivity contribution in [3.63, 3.8) is 0 Å². The van der Waals surface area contributed by atoms with Crippen LogP contribution in [0.3, 0.4) is 0 Å². The van der Waals surface area contributed by atoms with E-state index in [1.165, 1.54) is 12.8 Å². The molecule has 1 aromatic heterocycles. The van der Waals surface area contributed by atoms with Gasteiger partial charge in [0.05, 0.1) is 13.2 Å². The summed E-state index contributed by atoms with van der Waals surface area (Å²) in [6.07, 6.45) is 2.62. The first-order valence-corrected chi connectivity index (χ1v) is 6.06. The molecule has 0 unspecified atom stereocenters. The lowest BCUT2D eigenvalue weighted by Gasteiger charge is -2.19. The highest BCUT2D eigenvalue weighted by atomic mass is 79.9. The van der Waals surface area contributed by atoms with Gasteiger partial charge in [0.15, 0.2) is 4.67 Å². The standard InChI is InChI=1S/C11H16BrNO2/c1-14-7-6-13(9-2-3-9)8-10-4-5-11(12)15-10/h4-5,9H,2-3,6-8H2,1H3. The minimum Gasteiger partial charge on any atom is -0.453 e. The van der Waals surface area contributed by atoms with Crippen molar-refractivity contribution in [1.82, 2.24) is 4.90 Å². The molecule has 84 valence electrons. The Labute approximate surface area is 98.5 Å². The second kappa shape index (κ2) is 5.14. The minimum absolute atomic E-state index is 0.740. The highest BCUT2D eigenvalue weighted by Crippen LogP contribution is 2.28. The molecule has 0 bridgehead atoms. The summed E-state index contributed by atoms with van der Waals surface area (Å²) in [7, 11) is 1.74. The van der Waals surface area contributed by atoms with Gasteiger partial charge in [-0.15, -0.1) is 0 Å². The molecule has 0 aliphatic heterocycles. The van der Waals surface area contributed by atoms with Crippen LogP contribution in [-0.2, 0) is 11.3 Å². The predicted octanol–water partition coefficient (Wildman–Crippen LogP) is 2.65. The minimum atomic E-state index is 0.740. The number of hydrogen-bond acceptors (Lipinski definition) is 3. The van der Waals surface area contributed by atoms with Crippen LogP contribution in [0.4, 0.5) is 0 Å². The number of halogens is 1. The van der Waals surface area contributed by atoms with Gasteiger partial charge in [0.25, 0.3) is 0 Å². The summed E-state index contributed by atoms with van der Waals surface area (Å²) in [5, 5.41) is 0. The quantitative estimate of drug-likeness (QED) is 0.797. The van der Waals surface area contributed by atoms with E-state index in [0.29, 0.717) is 0 Å². The third kappa shape index (κ3) is 3.33. The zero-order valence-corrected chi connectivity index (χ0v) is 10.5. The van der Waals surface area contributed by atoms with Crippen LogP contribution in [0.15, 0.2) is 21.2 Å². The van der Waals surface area contributed by atoms with Gasteiger partial charge < -0.3 is 9.15 Å². The molecule has 1 aromatic rings. The van der Waals surface area contributed by atoms with Gasteiger partial charge in [-0.3, -0.25) is 4.90 Å². The Balaban J connectivity index is 1.88. The van der Waals surface area contributed by atoms with Crippen LogP contribution >= 0.6 is 15.9 Å². The molecule has 2 rings (SSSR count). The third-order valence-electron chi connectivity index (χ3n) is 2.63. The Hall–Kier alpha value is -0.320. The van der Waals surface area contributed by atoms with Crippen LogP contribution in [0, 0.1) is 0 Å². The van der Waals surface area contributed by atoms with Crippen molar-refractivity contribution in [2.45, 2.75) is 25.4 Å². The lowest BCUT2D eigenvalue weighted by molar-refractivity contribution is 0.134. The zero-order valence-electron chi connectivity index (χ0n) is 8.91. The highest BCUT2D eigenvalue weighted by Gasteiger charge is 2.29. The van der Waals surface area contributed by atoms with E-state index in [1.54, 1.807) is 7.11 Å². The van der Waals surface area contributed by atoms with E-state index in [2.05, 4.69) is 20.8 Å². The molecule has 1 saturated carbocycles. The fraction of sp³-hybridized carbons (Fsp3) is 0.636. The molecule has 15 heavy (non-hydrogen) atoms. The van der Waals surface area contributed by atoms with Crippen LogP contribution in [0.5, 0.6) is 0 Å². The molecule has 0 N–H and O–H groups in total. The Morgan fingerprint density at radius 3 is 2.87 bits per heavy atom. The van der Waals surface area contributed by atoms with Crippen molar-refractivity contribution in [1.29, 1.82) is 0 Å². The van der Waals surface area contributed by atoms with Crippen molar-refractivity contribution < 1.29 is 9.15 Å². The van der Waals surface area contributed by atoms with Crippen molar-refractivity contribution in [3.05, 3.63) is 22.6 Å². The fourth-order valence-electron chi connectivity index (χ4n) is 1.68. The lowest BCUT2D eigenvalue weighted by Crippen LogP contribution is -2.28. The van der Waals surface area contributed by atoms with Gasteiger partial charge in [-0.1, -0.05) is 0 Å². The molecule has 4 heteroatoms. The first-order chi connectivity index (χ1) is 7.29. The van der Waals surface area contributed by atoms with E-state index in [0.717, 1.165) is 36.2 Å². The number of furan rings is 1. The molecule has 0 saturated heterocycles. The normalized spacial score (nSPS) is 16.2. The number of hydrogen-bond donors (Lipinski definition) is 0. The summed E-state index contributed by atoms with van der Waals surface area (Å²) in [6, 6.07) is 4.70. The topological polar surface area (TPSA) is 25.6 Å². The first-order valence-electron chi connectivity index (χ1n) is 5.27. The number of nitrogens with zero attached hydrogens (tertiary/aromatic N) is 1. The Bertz CT molecular complexity index is 309. The molecular formula is C11H16BrNO2. The van der Waals surface area contributed by atoms with Crippen molar-refractivity contribution in [2.75, 3.05) is 20.3 Å². The molecule has 0 amide bonds. The van der Waals surface area contributed by atoms with Gasteiger partial charge in [0.2, 0.25) is 0 Å². The van der Waals surface area contributed by atoms with E-state index in [1.807, 2.05) is 12.1 Å². The average Bonchev–Trinajstić information content (AvgIpc) is 2.98. The molecule has 1 aliphatic rings. The van der Waals surface area contributed by atoms with Gasteiger partial charge >= 0.3 is 0 Å². The molecule has 0 atom stereocenters. The summed E-state index contributed by atoms with van der Waals surface area (Å²) in [5.74, 6) is 1.02. The summed E-state index contributed by atoms with van der Waals surface area (Å²) in [4.78, 5) is 2.43. The Morgan fingerprint density at radius 2 is 2.33 bits per heavy atom. The summed E-state index contributed by atoms with van der Waals surface area (Å²) < 4.78 is 11.4. The number of methoxy groups -OCH3 is 1. The van der Waals surface area contributed by atoms with Gasteiger partial charge in [-0.2, -0.15) is 0 Å². The van der Waals surface area contributed by atoms with Crippen molar-refractivity contribution in [3.8, 4) is 0 Å². The van der Waals surface area contributed by atoms with Crippen LogP contribution < -0.4 is 0 Å². The smallest absolute Gasteiger partial charge is 0.169 e. The first kappa shape index (κ1) is 11.2. The zero-order chi connectivity index (χ0) is 10.7. The average molecular weight is 274 g/mol. The van der Waals surface area contributed by atoms with Gasteiger partial charge in [0, 0.05) is 19.7 Å².